The van der Waals surface area contributed by atoms with Gasteiger partial charge in [0.25, 0.3) is 0 Å². The maximum absolute atomic E-state index is 11.2. The normalized spacial score (nSPS) is 12.1. The summed E-state index contributed by atoms with van der Waals surface area (Å²) in [5.41, 5.74) is 0.884. The number of para-hydroxylation sites is 1. The fourth-order valence-corrected chi connectivity index (χ4v) is 1.51. The molecule has 0 saturated heterocycles. The molecule has 0 heterocycles. The summed E-state index contributed by atoms with van der Waals surface area (Å²) in [5, 5.41) is 0. The SMILES string of the molecule is C=Cc1ccccc1O[PH](=O)CC. The minimum Gasteiger partial charge on any atom is -0.444 e. The molecule has 0 aliphatic rings. The molecule has 0 aliphatic carbocycles. The van der Waals surface area contributed by atoms with E-state index < -0.39 is 8.03 Å². The maximum Gasteiger partial charge on any atom is 0.236 e. The van der Waals surface area contributed by atoms with Crippen LogP contribution >= 0.6 is 8.03 Å². The summed E-state index contributed by atoms with van der Waals surface area (Å²) in [4.78, 5) is 0. The highest BCUT2D eigenvalue weighted by atomic mass is 31.1. The molecular formula is C10H13O2P. The van der Waals surface area contributed by atoms with Crippen LogP contribution in [0.3, 0.4) is 0 Å². The van der Waals surface area contributed by atoms with Crippen molar-refractivity contribution in [1.29, 1.82) is 0 Å². The average molecular weight is 196 g/mol. The summed E-state index contributed by atoms with van der Waals surface area (Å²) < 4.78 is 16.4. The first kappa shape index (κ1) is 10.1. The Balaban J connectivity index is 2.87. The van der Waals surface area contributed by atoms with E-state index >= 15 is 0 Å². The molecule has 1 aromatic rings. The molecule has 0 radical (unpaired) electrons. The van der Waals surface area contributed by atoms with Crippen molar-refractivity contribution in [2.75, 3.05) is 6.16 Å². The Bertz CT molecular complexity index is 320. The Morgan fingerprint density at radius 2 is 2.23 bits per heavy atom. The Hall–Kier alpha value is -1.01. The second-order valence-electron chi connectivity index (χ2n) is 2.57. The average Bonchev–Trinajstić information content (AvgIpc) is 2.18. The van der Waals surface area contributed by atoms with Gasteiger partial charge in [-0.1, -0.05) is 37.8 Å². The molecule has 1 unspecified atom stereocenters. The molecule has 0 N–H and O–H groups in total. The predicted molar refractivity (Wildman–Crippen MR) is 56.7 cm³/mol. The lowest BCUT2D eigenvalue weighted by Crippen LogP contribution is -1.85. The Morgan fingerprint density at radius 3 is 2.85 bits per heavy atom. The Kier molecular flexibility index (Phi) is 3.78. The molecule has 0 spiro atoms. The van der Waals surface area contributed by atoms with E-state index in [1.807, 2.05) is 25.1 Å². The zero-order valence-corrected chi connectivity index (χ0v) is 8.62. The fourth-order valence-electron chi connectivity index (χ4n) is 0.937. The number of hydrogen-bond acceptors (Lipinski definition) is 2. The van der Waals surface area contributed by atoms with Crippen LogP contribution in [0.5, 0.6) is 5.75 Å². The van der Waals surface area contributed by atoms with Gasteiger partial charge in [-0.3, -0.25) is 4.57 Å². The van der Waals surface area contributed by atoms with Crippen molar-refractivity contribution in [3.63, 3.8) is 0 Å². The summed E-state index contributed by atoms with van der Waals surface area (Å²) in [6, 6.07) is 7.43. The van der Waals surface area contributed by atoms with Gasteiger partial charge in [-0.05, 0) is 6.07 Å². The van der Waals surface area contributed by atoms with Gasteiger partial charge in [0, 0.05) is 11.7 Å². The highest BCUT2D eigenvalue weighted by molar-refractivity contribution is 7.39. The fraction of sp³-hybridized carbons (Fsp3) is 0.200. The second-order valence-corrected chi connectivity index (χ2v) is 4.22. The first-order valence-corrected chi connectivity index (χ1v) is 5.72. The van der Waals surface area contributed by atoms with Crippen LogP contribution in [0.1, 0.15) is 12.5 Å². The zero-order chi connectivity index (χ0) is 9.68. The van der Waals surface area contributed by atoms with Gasteiger partial charge in [0.15, 0.2) is 0 Å². The lowest BCUT2D eigenvalue weighted by molar-refractivity contribution is 0.505. The predicted octanol–water partition coefficient (Wildman–Crippen LogP) is 3.20. The summed E-state index contributed by atoms with van der Waals surface area (Å²) in [6.45, 7) is 5.50. The van der Waals surface area contributed by atoms with E-state index in [1.165, 1.54) is 0 Å². The van der Waals surface area contributed by atoms with E-state index in [9.17, 15) is 4.57 Å². The molecule has 0 fully saturated rings. The number of rotatable bonds is 4. The molecule has 0 aromatic heterocycles. The smallest absolute Gasteiger partial charge is 0.236 e. The van der Waals surface area contributed by atoms with Crippen molar-refractivity contribution in [2.24, 2.45) is 0 Å². The van der Waals surface area contributed by atoms with Gasteiger partial charge in [0.05, 0.1) is 0 Å². The van der Waals surface area contributed by atoms with E-state index in [4.69, 9.17) is 4.52 Å². The van der Waals surface area contributed by atoms with Gasteiger partial charge in [0.1, 0.15) is 5.75 Å². The third kappa shape index (κ3) is 2.74. The van der Waals surface area contributed by atoms with Crippen molar-refractivity contribution in [3.8, 4) is 5.75 Å². The molecule has 1 rings (SSSR count). The molecule has 0 amide bonds. The van der Waals surface area contributed by atoms with E-state index in [0.29, 0.717) is 11.9 Å². The van der Waals surface area contributed by atoms with Crippen LogP contribution in [0.15, 0.2) is 30.8 Å². The largest absolute Gasteiger partial charge is 0.444 e. The zero-order valence-electron chi connectivity index (χ0n) is 7.62. The topological polar surface area (TPSA) is 26.3 Å². The van der Waals surface area contributed by atoms with Gasteiger partial charge in [-0.2, -0.15) is 0 Å². The summed E-state index contributed by atoms with van der Waals surface area (Å²) in [5.74, 6) is 0.656. The van der Waals surface area contributed by atoms with Crippen LogP contribution in [0, 0.1) is 0 Å². The van der Waals surface area contributed by atoms with Gasteiger partial charge in [-0.15, -0.1) is 0 Å². The van der Waals surface area contributed by atoms with E-state index in [2.05, 4.69) is 6.58 Å². The minimum absolute atomic E-state index is 0.566. The van der Waals surface area contributed by atoms with Crippen molar-refractivity contribution < 1.29 is 9.09 Å². The summed E-state index contributed by atoms with van der Waals surface area (Å²) in [6.07, 6.45) is 2.26. The summed E-state index contributed by atoms with van der Waals surface area (Å²) >= 11 is 0. The van der Waals surface area contributed by atoms with Crippen molar-refractivity contribution in [1.82, 2.24) is 0 Å². The standard InChI is InChI=1S/C10H13O2P/c1-3-9-7-5-6-8-10(9)12-13(11)4-2/h3,5-8,13H,1,4H2,2H3. The third-order valence-electron chi connectivity index (χ3n) is 1.65. The minimum atomic E-state index is -1.91. The first-order chi connectivity index (χ1) is 6.27. The van der Waals surface area contributed by atoms with Crippen LogP contribution in [0.4, 0.5) is 0 Å². The molecule has 3 heteroatoms. The van der Waals surface area contributed by atoms with Crippen LogP contribution < -0.4 is 4.52 Å². The number of benzene rings is 1. The van der Waals surface area contributed by atoms with Crippen LogP contribution in [-0.2, 0) is 4.57 Å². The van der Waals surface area contributed by atoms with Crippen LogP contribution in [0.25, 0.3) is 6.08 Å². The van der Waals surface area contributed by atoms with Gasteiger partial charge >= 0.3 is 0 Å². The molecule has 2 nitrogen and oxygen atoms in total. The number of hydrogen-bond donors (Lipinski definition) is 0. The highest BCUT2D eigenvalue weighted by Gasteiger charge is 2.01. The second kappa shape index (κ2) is 4.88. The van der Waals surface area contributed by atoms with Gasteiger partial charge < -0.3 is 4.52 Å². The molecular weight excluding hydrogens is 183 g/mol. The lowest BCUT2D eigenvalue weighted by atomic mass is 10.2. The molecule has 70 valence electrons. The first-order valence-electron chi connectivity index (χ1n) is 4.20. The van der Waals surface area contributed by atoms with Crippen LogP contribution in [-0.4, -0.2) is 6.16 Å². The van der Waals surface area contributed by atoms with Crippen molar-refractivity contribution >= 4 is 14.1 Å². The quantitative estimate of drug-likeness (QED) is 0.691. The maximum atomic E-state index is 11.2. The molecule has 0 aliphatic heterocycles. The highest BCUT2D eigenvalue weighted by Crippen LogP contribution is 2.29. The van der Waals surface area contributed by atoms with Gasteiger partial charge in [-0.25, -0.2) is 0 Å². The van der Waals surface area contributed by atoms with E-state index in [1.54, 1.807) is 12.1 Å². The molecule has 0 bridgehead atoms. The van der Waals surface area contributed by atoms with Crippen molar-refractivity contribution in [3.05, 3.63) is 36.4 Å². The monoisotopic (exact) mass is 196 g/mol. The molecule has 1 aromatic carbocycles. The van der Waals surface area contributed by atoms with Crippen LogP contribution in [0.2, 0.25) is 0 Å². The third-order valence-corrected chi connectivity index (χ3v) is 2.68. The summed E-state index contributed by atoms with van der Waals surface area (Å²) in [7, 11) is -1.91. The molecule has 13 heavy (non-hydrogen) atoms. The van der Waals surface area contributed by atoms with Crippen molar-refractivity contribution in [2.45, 2.75) is 6.92 Å². The van der Waals surface area contributed by atoms with E-state index in [-0.39, 0.29) is 0 Å². The van der Waals surface area contributed by atoms with E-state index in [0.717, 1.165) is 5.56 Å². The Labute approximate surface area is 79.1 Å². The van der Waals surface area contributed by atoms with Gasteiger partial charge in [0.2, 0.25) is 8.03 Å². The Morgan fingerprint density at radius 1 is 1.54 bits per heavy atom. The molecule has 1 atom stereocenters. The molecule has 0 saturated carbocycles. The lowest BCUT2D eigenvalue weighted by Gasteiger charge is -2.06.